The summed E-state index contributed by atoms with van der Waals surface area (Å²) in [6, 6.07) is 20.2. The molecular formula is C29H30N2. The fourth-order valence-electron chi connectivity index (χ4n) is 5.18. The van der Waals surface area contributed by atoms with Gasteiger partial charge in [0.25, 0.3) is 0 Å². The molecule has 5 aromatic rings. The van der Waals surface area contributed by atoms with Gasteiger partial charge >= 0.3 is 0 Å². The number of fused-ring (bicyclic) bond motifs is 6. The van der Waals surface area contributed by atoms with E-state index in [1.807, 2.05) is 0 Å². The Morgan fingerprint density at radius 1 is 0.806 bits per heavy atom. The minimum atomic E-state index is 0.254. The summed E-state index contributed by atoms with van der Waals surface area (Å²) in [7, 11) is 0. The second kappa shape index (κ2) is 6.95. The van der Waals surface area contributed by atoms with Gasteiger partial charge in [-0.15, -0.1) is 0 Å². The maximum atomic E-state index is 4.92. The van der Waals surface area contributed by atoms with Crippen LogP contribution in [-0.2, 0) is 6.42 Å². The highest BCUT2D eigenvalue weighted by molar-refractivity contribution is 6.12. The van der Waals surface area contributed by atoms with E-state index in [0.717, 1.165) is 12.1 Å². The number of hydrogen-bond donors (Lipinski definition) is 0. The highest BCUT2D eigenvalue weighted by atomic mass is 15.0. The molecule has 0 saturated carbocycles. The van der Waals surface area contributed by atoms with Gasteiger partial charge in [0.15, 0.2) is 0 Å². The van der Waals surface area contributed by atoms with Gasteiger partial charge in [-0.2, -0.15) is 0 Å². The second-order valence-electron chi connectivity index (χ2n) is 10.2. The van der Waals surface area contributed by atoms with Gasteiger partial charge in [-0.1, -0.05) is 68.8 Å². The summed E-state index contributed by atoms with van der Waals surface area (Å²) in [6.07, 6.45) is 3.11. The molecule has 0 amide bonds. The summed E-state index contributed by atoms with van der Waals surface area (Å²) in [4.78, 5) is 4.92. The quantitative estimate of drug-likeness (QED) is 0.273. The smallest absolute Gasteiger partial charge is 0.145 e. The molecule has 31 heavy (non-hydrogen) atoms. The van der Waals surface area contributed by atoms with Crippen LogP contribution in [-0.4, -0.2) is 9.38 Å². The first-order valence-corrected chi connectivity index (χ1v) is 11.1. The Labute approximate surface area is 184 Å². The Morgan fingerprint density at radius 3 is 2.16 bits per heavy atom. The molecule has 0 aliphatic heterocycles. The van der Waals surface area contributed by atoms with E-state index in [0.29, 0.717) is 0 Å². The number of pyridine rings is 1. The molecule has 0 spiro atoms. The highest BCUT2D eigenvalue weighted by Crippen LogP contribution is 2.36. The van der Waals surface area contributed by atoms with E-state index in [1.54, 1.807) is 0 Å². The van der Waals surface area contributed by atoms with Crippen molar-refractivity contribution in [1.29, 1.82) is 0 Å². The predicted molar refractivity (Wildman–Crippen MR) is 133 cm³/mol. The molecule has 0 bridgehead atoms. The SMILES string of the molecule is Cc1cc(C)c(-c2cnc3c4ccccc4c4cc(CC(C)(C)C)ccc4n23)c(C)c1. The van der Waals surface area contributed by atoms with Gasteiger partial charge in [0.1, 0.15) is 5.65 Å². The summed E-state index contributed by atoms with van der Waals surface area (Å²) >= 11 is 0. The van der Waals surface area contributed by atoms with Gasteiger partial charge in [-0.05, 0) is 66.8 Å². The van der Waals surface area contributed by atoms with Gasteiger partial charge < -0.3 is 0 Å². The van der Waals surface area contributed by atoms with Crippen molar-refractivity contribution < 1.29 is 0 Å². The van der Waals surface area contributed by atoms with E-state index < -0.39 is 0 Å². The van der Waals surface area contributed by atoms with E-state index in [1.165, 1.54) is 55.2 Å². The lowest BCUT2D eigenvalue weighted by Crippen LogP contribution is -2.09. The average molecular weight is 407 g/mol. The molecule has 3 aromatic carbocycles. The largest absolute Gasteiger partial charge is 0.292 e. The lowest BCUT2D eigenvalue weighted by Gasteiger charge is -2.19. The Hall–Kier alpha value is -3.13. The van der Waals surface area contributed by atoms with Crippen molar-refractivity contribution in [1.82, 2.24) is 9.38 Å². The lowest BCUT2D eigenvalue weighted by atomic mass is 9.87. The van der Waals surface area contributed by atoms with Crippen LogP contribution < -0.4 is 0 Å². The number of benzene rings is 3. The van der Waals surface area contributed by atoms with Crippen LogP contribution in [0.5, 0.6) is 0 Å². The molecule has 2 heteroatoms. The van der Waals surface area contributed by atoms with E-state index >= 15 is 0 Å². The zero-order valence-electron chi connectivity index (χ0n) is 19.4. The summed E-state index contributed by atoms with van der Waals surface area (Å²) in [5.74, 6) is 0. The first kappa shape index (κ1) is 19.8. The molecule has 0 radical (unpaired) electrons. The van der Waals surface area contributed by atoms with Gasteiger partial charge in [-0.3, -0.25) is 4.40 Å². The average Bonchev–Trinajstić information content (AvgIpc) is 3.11. The number of rotatable bonds is 2. The van der Waals surface area contributed by atoms with Crippen LogP contribution in [0.2, 0.25) is 0 Å². The third kappa shape index (κ3) is 3.31. The van der Waals surface area contributed by atoms with Crippen molar-refractivity contribution in [3.63, 3.8) is 0 Å². The Bertz CT molecular complexity index is 1440. The van der Waals surface area contributed by atoms with E-state index in [2.05, 4.69) is 107 Å². The molecule has 0 unspecified atom stereocenters. The van der Waals surface area contributed by atoms with E-state index in [9.17, 15) is 0 Å². The standard InChI is InChI=1S/C29H30N2/c1-18-13-19(2)27(20(3)14-18)26-17-30-28-23-10-8-7-9-22(23)24-15-21(16-29(4,5)6)11-12-25(24)31(26)28/h7-15,17H,16H2,1-6H3. The van der Waals surface area contributed by atoms with Crippen molar-refractivity contribution >= 4 is 27.3 Å². The zero-order valence-corrected chi connectivity index (χ0v) is 19.4. The normalized spacial score (nSPS) is 12.3. The van der Waals surface area contributed by atoms with E-state index in [-0.39, 0.29) is 5.41 Å². The maximum absolute atomic E-state index is 4.92. The molecule has 5 rings (SSSR count). The van der Waals surface area contributed by atoms with Crippen molar-refractivity contribution in [3.05, 3.63) is 83.0 Å². The van der Waals surface area contributed by atoms with Crippen molar-refractivity contribution in [2.75, 3.05) is 0 Å². The Balaban J connectivity index is 1.91. The highest BCUT2D eigenvalue weighted by Gasteiger charge is 2.18. The molecule has 0 aliphatic carbocycles. The van der Waals surface area contributed by atoms with Crippen molar-refractivity contribution in [3.8, 4) is 11.3 Å². The minimum Gasteiger partial charge on any atom is -0.292 e. The fourth-order valence-corrected chi connectivity index (χ4v) is 5.18. The van der Waals surface area contributed by atoms with Crippen molar-refractivity contribution in [2.45, 2.75) is 48.0 Å². The van der Waals surface area contributed by atoms with Crippen LogP contribution in [0.15, 0.2) is 60.8 Å². The number of nitrogens with zero attached hydrogens (tertiary/aromatic N) is 2. The summed E-state index contributed by atoms with van der Waals surface area (Å²) in [5, 5.41) is 3.78. The maximum Gasteiger partial charge on any atom is 0.145 e. The van der Waals surface area contributed by atoms with Gasteiger partial charge in [0.2, 0.25) is 0 Å². The van der Waals surface area contributed by atoms with Gasteiger partial charge in [0, 0.05) is 16.3 Å². The third-order valence-corrected chi connectivity index (χ3v) is 6.19. The Kier molecular flexibility index (Phi) is 4.44. The topological polar surface area (TPSA) is 17.3 Å². The predicted octanol–water partition coefficient (Wildman–Crippen LogP) is 7.82. The molecular weight excluding hydrogens is 376 g/mol. The second-order valence-corrected chi connectivity index (χ2v) is 10.2. The molecule has 156 valence electrons. The molecule has 0 fully saturated rings. The van der Waals surface area contributed by atoms with Crippen molar-refractivity contribution in [2.24, 2.45) is 5.41 Å². The lowest BCUT2D eigenvalue weighted by molar-refractivity contribution is 0.411. The molecule has 2 aromatic heterocycles. The Morgan fingerprint density at radius 2 is 1.48 bits per heavy atom. The molecule has 0 saturated heterocycles. The summed E-state index contributed by atoms with van der Waals surface area (Å²) < 4.78 is 2.36. The first-order chi connectivity index (χ1) is 14.7. The number of hydrogen-bond acceptors (Lipinski definition) is 1. The molecule has 2 nitrogen and oxygen atoms in total. The zero-order chi connectivity index (χ0) is 21.9. The van der Waals surface area contributed by atoms with Crippen LogP contribution in [0.4, 0.5) is 0 Å². The minimum absolute atomic E-state index is 0.254. The van der Waals surface area contributed by atoms with E-state index in [4.69, 9.17) is 4.98 Å². The van der Waals surface area contributed by atoms with Crippen LogP contribution in [0, 0.1) is 26.2 Å². The molecule has 0 aliphatic rings. The molecule has 2 heterocycles. The van der Waals surface area contributed by atoms with Gasteiger partial charge in [-0.25, -0.2) is 4.98 Å². The molecule has 0 atom stereocenters. The summed E-state index contributed by atoms with van der Waals surface area (Å²) in [5.41, 5.74) is 10.2. The van der Waals surface area contributed by atoms with Crippen LogP contribution in [0.25, 0.3) is 38.6 Å². The van der Waals surface area contributed by atoms with Crippen LogP contribution >= 0.6 is 0 Å². The fraction of sp³-hybridized carbons (Fsp3) is 0.276. The third-order valence-electron chi connectivity index (χ3n) is 6.19. The van der Waals surface area contributed by atoms with Crippen LogP contribution in [0.1, 0.15) is 43.0 Å². The summed E-state index contributed by atoms with van der Waals surface area (Å²) in [6.45, 7) is 13.5. The first-order valence-electron chi connectivity index (χ1n) is 11.1. The number of imidazole rings is 1. The monoisotopic (exact) mass is 406 g/mol. The van der Waals surface area contributed by atoms with Crippen LogP contribution in [0.3, 0.4) is 0 Å². The number of aromatic nitrogens is 2. The molecule has 0 N–H and O–H groups in total. The number of aryl methyl sites for hydroxylation is 3. The van der Waals surface area contributed by atoms with Gasteiger partial charge in [0.05, 0.1) is 17.4 Å².